The molecule has 15 heavy (non-hydrogen) atoms. The third kappa shape index (κ3) is 2.76. The molecule has 1 saturated heterocycles. The highest BCUT2D eigenvalue weighted by atomic mass is 32.2. The molecular formula is C13H20NS+. The Morgan fingerprint density at radius 3 is 2.93 bits per heavy atom. The fraction of sp³-hybridized carbons (Fsp3) is 0.538. The van der Waals surface area contributed by atoms with Crippen LogP contribution in [0.1, 0.15) is 37.3 Å². The summed E-state index contributed by atoms with van der Waals surface area (Å²) in [5.41, 5.74) is 1.55. The minimum absolute atomic E-state index is 0.705. The van der Waals surface area contributed by atoms with Gasteiger partial charge in [0.05, 0.1) is 6.54 Å². The zero-order valence-corrected chi connectivity index (χ0v) is 10.2. The fourth-order valence-electron chi connectivity index (χ4n) is 2.38. The van der Waals surface area contributed by atoms with Gasteiger partial charge in [0.1, 0.15) is 6.04 Å². The highest BCUT2D eigenvalue weighted by Crippen LogP contribution is 2.27. The van der Waals surface area contributed by atoms with Gasteiger partial charge in [0, 0.05) is 16.9 Å². The molecule has 1 fully saturated rings. The first-order chi connectivity index (χ1) is 7.42. The quantitative estimate of drug-likeness (QED) is 0.761. The summed E-state index contributed by atoms with van der Waals surface area (Å²) in [6.07, 6.45) is 7.71. The monoisotopic (exact) mass is 222 g/mol. The summed E-state index contributed by atoms with van der Waals surface area (Å²) >= 11 is 1.88. The van der Waals surface area contributed by atoms with E-state index >= 15 is 0 Å². The smallest absolute Gasteiger partial charge is 0.113 e. The predicted octanol–water partition coefficient (Wildman–Crippen LogP) is 2.59. The normalized spacial score (nSPS) is 22.3. The van der Waals surface area contributed by atoms with Crippen molar-refractivity contribution in [3.63, 3.8) is 0 Å². The number of rotatable bonds is 2. The molecule has 0 saturated carbocycles. The van der Waals surface area contributed by atoms with Crippen LogP contribution in [0, 0.1) is 0 Å². The van der Waals surface area contributed by atoms with Crippen molar-refractivity contribution < 1.29 is 5.32 Å². The van der Waals surface area contributed by atoms with Crippen molar-refractivity contribution in [1.29, 1.82) is 0 Å². The molecule has 1 atom stereocenters. The Hall–Kier alpha value is -0.470. The van der Waals surface area contributed by atoms with E-state index in [1.54, 1.807) is 5.56 Å². The molecule has 1 aromatic rings. The lowest BCUT2D eigenvalue weighted by Gasteiger charge is -2.15. The molecule has 1 aliphatic heterocycles. The van der Waals surface area contributed by atoms with Gasteiger partial charge in [-0.3, -0.25) is 0 Å². The Morgan fingerprint density at radius 2 is 2.07 bits per heavy atom. The molecular weight excluding hydrogens is 202 g/mol. The van der Waals surface area contributed by atoms with Crippen molar-refractivity contribution in [3.8, 4) is 0 Å². The number of quaternary nitrogens is 1. The Morgan fingerprint density at radius 1 is 1.20 bits per heavy atom. The summed E-state index contributed by atoms with van der Waals surface area (Å²) in [7, 11) is 0. The van der Waals surface area contributed by atoms with E-state index in [9.17, 15) is 0 Å². The van der Waals surface area contributed by atoms with Crippen molar-refractivity contribution in [3.05, 3.63) is 29.8 Å². The van der Waals surface area contributed by atoms with Crippen molar-refractivity contribution >= 4 is 11.8 Å². The van der Waals surface area contributed by atoms with Gasteiger partial charge in [0.2, 0.25) is 0 Å². The molecule has 1 nitrogen and oxygen atoms in total. The van der Waals surface area contributed by atoms with Crippen LogP contribution in [0.15, 0.2) is 29.2 Å². The van der Waals surface area contributed by atoms with Crippen LogP contribution in [0.5, 0.6) is 0 Å². The fourth-order valence-corrected chi connectivity index (χ4v) is 3.05. The minimum Gasteiger partial charge on any atom is -0.340 e. The summed E-state index contributed by atoms with van der Waals surface area (Å²) in [6.45, 7) is 1.30. The molecule has 0 amide bonds. The second kappa shape index (κ2) is 5.57. The minimum atomic E-state index is 0.705. The molecule has 0 bridgehead atoms. The van der Waals surface area contributed by atoms with Gasteiger partial charge >= 0.3 is 0 Å². The van der Waals surface area contributed by atoms with Gasteiger partial charge in [-0.15, -0.1) is 11.8 Å². The third-order valence-electron chi connectivity index (χ3n) is 3.21. The van der Waals surface area contributed by atoms with Crippen LogP contribution in [-0.4, -0.2) is 12.8 Å². The SMILES string of the molecule is CSc1ccccc1[C@@H]1CCCCC[NH2+]1. The summed E-state index contributed by atoms with van der Waals surface area (Å²) in [6, 6.07) is 9.58. The van der Waals surface area contributed by atoms with Gasteiger partial charge in [-0.05, 0) is 31.6 Å². The van der Waals surface area contributed by atoms with Gasteiger partial charge < -0.3 is 5.32 Å². The van der Waals surface area contributed by atoms with Gasteiger partial charge in [-0.25, -0.2) is 0 Å². The van der Waals surface area contributed by atoms with E-state index in [-0.39, 0.29) is 0 Å². The molecule has 2 rings (SSSR count). The number of benzene rings is 1. The number of hydrogen-bond donors (Lipinski definition) is 1. The maximum Gasteiger partial charge on any atom is 0.113 e. The standard InChI is InChI=1S/C13H19NS/c1-15-13-9-5-4-7-11(13)12-8-3-2-6-10-14-12/h4-5,7,9,12,14H,2-3,6,8,10H2,1H3/p+1/t12-/m0/s1. The van der Waals surface area contributed by atoms with E-state index in [0.29, 0.717) is 6.04 Å². The lowest BCUT2D eigenvalue weighted by molar-refractivity contribution is -0.695. The molecule has 0 aliphatic carbocycles. The van der Waals surface area contributed by atoms with Crippen molar-refractivity contribution in [2.45, 2.75) is 36.6 Å². The van der Waals surface area contributed by atoms with E-state index in [1.165, 1.54) is 37.1 Å². The lowest BCUT2D eigenvalue weighted by atomic mass is 10.0. The van der Waals surface area contributed by atoms with Crippen LogP contribution in [0.3, 0.4) is 0 Å². The topological polar surface area (TPSA) is 16.6 Å². The molecule has 0 unspecified atom stereocenters. The maximum atomic E-state index is 2.53. The maximum absolute atomic E-state index is 2.53. The lowest BCUT2D eigenvalue weighted by Crippen LogP contribution is -2.84. The van der Waals surface area contributed by atoms with Crippen LogP contribution in [0.4, 0.5) is 0 Å². The van der Waals surface area contributed by atoms with Crippen LogP contribution in [-0.2, 0) is 0 Å². The van der Waals surface area contributed by atoms with Crippen LogP contribution >= 0.6 is 11.8 Å². The van der Waals surface area contributed by atoms with Gasteiger partial charge in [0.15, 0.2) is 0 Å². The second-order valence-corrected chi connectivity index (χ2v) is 5.07. The Balaban J connectivity index is 2.18. The summed E-state index contributed by atoms with van der Waals surface area (Å²) in [4.78, 5) is 1.46. The van der Waals surface area contributed by atoms with Crippen LogP contribution in [0.25, 0.3) is 0 Å². The predicted molar refractivity (Wildman–Crippen MR) is 66.2 cm³/mol. The molecule has 0 radical (unpaired) electrons. The van der Waals surface area contributed by atoms with E-state index in [1.807, 2.05) is 11.8 Å². The Kier molecular flexibility index (Phi) is 4.09. The summed E-state index contributed by atoms with van der Waals surface area (Å²) in [5.74, 6) is 0. The number of nitrogens with two attached hydrogens (primary N) is 1. The highest BCUT2D eigenvalue weighted by Gasteiger charge is 2.19. The molecule has 82 valence electrons. The van der Waals surface area contributed by atoms with Crippen molar-refractivity contribution in [2.24, 2.45) is 0 Å². The third-order valence-corrected chi connectivity index (χ3v) is 4.02. The first kappa shape index (κ1) is 11.0. The van der Waals surface area contributed by atoms with Crippen molar-refractivity contribution in [1.82, 2.24) is 0 Å². The highest BCUT2D eigenvalue weighted by molar-refractivity contribution is 7.98. The number of thioether (sulfide) groups is 1. The molecule has 0 aromatic heterocycles. The Bertz CT molecular complexity index is 303. The van der Waals surface area contributed by atoms with Crippen molar-refractivity contribution in [2.75, 3.05) is 12.8 Å². The summed E-state index contributed by atoms with van der Waals surface area (Å²) < 4.78 is 0. The molecule has 1 heterocycles. The largest absolute Gasteiger partial charge is 0.340 e. The molecule has 2 heteroatoms. The van der Waals surface area contributed by atoms with Gasteiger partial charge in [-0.1, -0.05) is 18.2 Å². The average Bonchev–Trinajstić information content (AvgIpc) is 2.57. The van der Waals surface area contributed by atoms with E-state index in [4.69, 9.17) is 0 Å². The molecule has 2 N–H and O–H groups in total. The second-order valence-electron chi connectivity index (χ2n) is 4.22. The zero-order valence-electron chi connectivity index (χ0n) is 9.41. The average molecular weight is 222 g/mol. The molecule has 1 aromatic carbocycles. The van der Waals surface area contributed by atoms with Gasteiger partial charge in [-0.2, -0.15) is 0 Å². The summed E-state index contributed by atoms with van der Waals surface area (Å²) in [5, 5.41) is 2.53. The van der Waals surface area contributed by atoms with E-state index in [0.717, 1.165) is 0 Å². The van der Waals surface area contributed by atoms with Crippen LogP contribution in [0.2, 0.25) is 0 Å². The Labute approximate surface area is 96.7 Å². The van der Waals surface area contributed by atoms with Crippen LogP contribution < -0.4 is 5.32 Å². The zero-order chi connectivity index (χ0) is 10.5. The van der Waals surface area contributed by atoms with E-state index < -0.39 is 0 Å². The number of hydrogen-bond acceptors (Lipinski definition) is 1. The van der Waals surface area contributed by atoms with Gasteiger partial charge in [0.25, 0.3) is 0 Å². The first-order valence-corrected chi connectivity index (χ1v) is 7.10. The molecule has 1 aliphatic rings. The molecule has 0 spiro atoms. The first-order valence-electron chi connectivity index (χ1n) is 5.88. The van der Waals surface area contributed by atoms with E-state index in [2.05, 4.69) is 35.8 Å².